The summed E-state index contributed by atoms with van der Waals surface area (Å²) < 4.78 is 11.1. The predicted octanol–water partition coefficient (Wildman–Crippen LogP) is 1.07. The van der Waals surface area contributed by atoms with Gasteiger partial charge in [-0.1, -0.05) is 24.3 Å². The summed E-state index contributed by atoms with van der Waals surface area (Å²) in [4.78, 5) is 0. The van der Waals surface area contributed by atoms with E-state index in [4.69, 9.17) is 0 Å². The molecule has 2 N–H and O–H groups in total. The molecule has 0 bridgehead atoms. The normalized spacial score (nSPS) is 19.7. The van der Waals surface area contributed by atoms with Crippen LogP contribution in [0.15, 0.2) is 24.3 Å². The van der Waals surface area contributed by atoms with Crippen molar-refractivity contribution in [2.75, 3.05) is 12.8 Å². The highest BCUT2D eigenvalue weighted by molar-refractivity contribution is 7.84. The van der Waals surface area contributed by atoms with Crippen LogP contribution in [-0.4, -0.2) is 17.0 Å². The van der Waals surface area contributed by atoms with Crippen LogP contribution in [-0.2, 0) is 23.0 Å². The average molecular weight is 197 g/mol. The van der Waals surface area contributed by atoms with Crippen molar-refractivity contribution in [3.63, 3.8) is 0 Å². The van der Waals surface area contributed by atoms with E-state index >= 15 is 0 Å². The molecule has 0 spiro atoms. The second-order valence-corrected chi connectivity index (χ2v) is 4.38. The highest BCUT2D eigenvalue weighted by Crippen LogP contribution is 2.17. The Kier molecular flexibility index (Phi) is 4.12. The second-order valence-electron chi connectivity index (χ2n) is 2.81. The molecule has 3 heteroatoms. The maximum atomic E-state index is 11.1. The van der Waals surface area contributed by atoms with Crippen LogP contribution >= 0.6 is 0 Å². The summed E-state index contributed by atoms with van der Waals surface area (Å²) in [5.41, 5.74) is 7.16. The molecule has 1 heterocycles. The first-order valence-corrected chi connectivity index (χ1v) is 5.84. The fourth-order valence-electron chi connectivity index (χ4n) is 1.41. The first-order chi connectivity index (χ1) is 6.36. The SMILES string of the molecule is CN.O=S1CCc2ccccc2C1. The molecule has 0 fully saturated rings. The number of aryl methyl sites for hydroxylation is 1. The van der Waals surface area contributed by atoms with E-state index in [1.165, 1.54) is 18.2 Å². The molecule has 0 radical (unpaired) electrons. The molecule has 1 aromatic rings. The third-order valence-electron chi connectivity index (χ3n) is 2.03. The highest BCUT2D eigenvalue weighted by Gasteiger charge is 2.12. The molecule has 72 valence electrons. The van der Waals surface area contributed by atoms with Gasteiger partial charge in [0.15, 0.2) is 0 Å². The number of hydrogen-bond donors (Lipinski definition) is 1. The Morgan fingerprint density at radius 1 is 1.23 bits per heavy atom. The molecule has 2 rings (SSSR count). The number of nitrogens with two attached hydrogens (primary N) is 1. The Labute approximate surface area is 81.6 Å². The van der Waals surface area contributed by atoms with Gasteiger partial charge in [-0.25, -0.2) is 0 Å². The van der Waals surface area contributed by atoms with Crippen LogP contribution in [0, 0.1) is 0 Å². The third-order valence-corrected chi connectivity index (χ3v) is 3.33. The van der Waals surface area contributed by atoms with Crippen LogP contribution in [0.5, 0.6) is 0 Å². The lowest BCUT2D eigenvalue weighted by Gasteiger charge is -2.13. The van der Waals surface area contributed by atoms with Crippen LogP contribution in [0.4, 0.5) is 0 Å². The highest BCUT2D eigenvalue weighted by atomic mass is 32.2. The van der Waals surface area contributed by atoms with Crippen LogP contribution in [0.3, 0.4) is 0 Å². The minimum absolute atomic E-state index is 0.602. The van der Waals surface area contributed by atoms with E-state index in [1.54, 1.807) is 0 Å². The fourth-order valence-corrected chi connectivity index (χ4v) is 2.63. The van der Waals surface area contributed by atoms with Crippen molar-refractivity contribution >= 4 is 10.8 Å². The minimum atomic E-state index is -0.602. The minimum Gasteiger partial charge on any atom is -0.333 e. The molecule has 0 aromatic heterocycles. The van der Waals surface area contributed by atoms with Gasteiger partial charge < -0.3 is 5.73 Å². The first kappa shape index (κ1) is 10.4. The summed E-state index contributed by atoms with van der Waals surface area (Å²) >= 11 is 0. The summed E-state index contributed by atoms with van der Waals surface area (Å²) in [6, 6.07) is 8.27. The second kappa shape index (κ2) is 5.14. The molecule has 1 aliphatic rings. The van der Waals surface area contributed by atoms with Gasteiger partial charge in [0.2, 0.25) is 0 Å². The number of rotatable bonds is 0. The van der Waals surface area contributed by atoms with Crippen molar-refractivity contribution in [3.05, 3.63) is 35.4 Å². The van der Waals surface area contributed by atoms with Crippen LogP contribution in [0.2, 0.25) is 0 Å². The third kappa shape index (κ3) is 2.64. The number of fused-ring (bicyclic) bond motifs is 1. The molecular formula is C10H15NOS. The Balaban J connectivity index is 0.000000396. The Morgan fingerprint density at radius 3 is 2.54 bits per heavy atom. The summed E-state index contributed by atoms with van der Waals surface area (Å²) in [5.74, 6) is 1.60. The quantitative estimate of drug-likeness (QED) is 0.676. The standard InChI is InChI=1S/C9H10OS.CH5N/c10-11-6-5-8-3-1-2-4-9(8)7-11;1-2/h1-4H,5-7H2;2H2,1H3. The molecule has 1 aliphatic heterocycles. The zero-order chi connectivity index (χ0) is 9.68. The largest absolute Gasteiger partial charge is 0.333 e. The van der Waals surface area contributed by atoms with E-state index in [1.807, 2.05) is 12.1 Å². The molecule has 0 aliphatic carbocycles. The van der Waals surface area contributed by atoms with E-state index < -0.39 is 10.8 Å². The maximum Gasteiger partial charge on any atom is 0.0488 e. The maximum absolute atomic E-state index is 11.1. The lowest BCUT2D eigenvalue weighted by atomic mass is 10.1. The lowest BCUT2D eigenvalue weighted by molar-refractivity contribution is 0.679. The number of benzene rings is 1. The summed E-state index contributed by atoms with van der Waals surface area (Å²) in [6.07, 6.45) is 0.989. The van der Waals surface area contributed by atoms with Gasteiger partial charge in [-0.05, 0) is 24.6 Å². The van der Waals surface area contributed by atoms with Crippen LogP contribution in [0.25, 0.3) is 0 Å². The first-order valence-electron chi connectivity index (χ1n) is 4.36. The summed E-state index contributed by atoms with van der Waals surface area (Å²) in [6.45, 7) is 0. The van der Waals surface area contributed by atoms with Gasteiger partial charge >= 0.3 is 0 Å². The van der Waals surface area contributed by atoms with Crippen molar-refractivity contribution in [2.24, 2.45) is 5.73 Å². The van der Waals surface area contributed by atoms with Crippen molar-refractivity contribution < 1.29 is 4.21 Å². The molecule has 2 nitrogen and oxygen atoms in total. The molecule has 1 aromatic carbocycles. The molecule has 0 saturated carbocycles. The topological polar surface area (TPSA) is 43.1 Å². The van der Waals surface area contributed by atoms with Crippen LogP contribution < -0.4 is 5.73 Å². The molecule has 0 saturated heterocycles. The monoisotopic (exact) mass is 197 g/mol. The number of hydrogen-bond acceptors (Lipinski definition) is 2. The zero-order valence-electron chi connectivity index (χ0n) is 7.82. The summed E-state index contributed by atoms with van der Waals surface area (Å²) in [5, 5.41) is 0. The summed E-state index contributed by atoms with van der Waals surface area (Å²) in [7, 11) is 0.898. The van der Waals surface area contributed by atoms with Crippen molar-refractivity contribution in [2.45, 2.75) is 12.2 Å². The smallest absolute Gasteiger partial charge is 0.0488 e. The molecule has 1 unspecified atom stereocenters. The van der Waals surface area contributed by atoms with Gasteiger partial charge in [0.25, 0.3) is 0 Å². The Morgan fingerprint density at radius 2 is 1.85 bits per heavy atom. The van der Waals surface area contributed by atoms with Gasteiger partial charge in [0.05, 0.1) is 0 Å². The van der Waals surface area contributed by atoms with Gasteiger partial charge in [-0.15, -0.1) is 0 Å². The average Bonchev–Trinajstić information content (AvgIpc) is 2.21. The molecule has 0 amide bonds. The molecule has 13 heavy (non-hydrogen) atoms. The van der Waals surface area contributed by atoms with Gasteiger partial charge in [-0.2, -0.15) is 0 Å². The molecular weight excluding hydrogens is 182 g/mol. The van der Waals surface area contributed by atoms with Crippen molar-refractivity contribution in [1.82, 2.24) is 0 Å². The van der Waals surface area contributed by atoms with Crippen molar-refractivity contribution in [1.29, 1.82) is 0 Å². The lowest BCUT2D eigenvalue weighted by Crippen LogP contribution is -2.12. The van der Waals surface area contributed by atoms with Crippen molar-refractivity contribution in [3.8, 4) is 0 Å². The Hall–Kier alpha value is -0.670. The van der Waals surface area contributed by atoms with E-state index in [9.17, 15) is 4.21 Å². The Bertz CT molecular complexity index is 299. The van der Waals surface area contributed by atoms with Gasteiger partial charge in [0, 0.05) is 22.3 Å². The van der Waals surface area contributed by atoms with Gasteiger partial charge in [0.1, 0.15) is 0 Å². The van der Waals surface area contributed by atoms with E-state index in [0.29, 0.717) is 0 Å². The van der Waals surface area contributed by atoms with E-state index in [2.05, 4.69) is 17.9 Å². The predicted molar refractivity (Wildman–Crippen MR) is 57.0 cm³/mol. The van der Waals surface area contributed by atoms with Crippen LogP contribution in [0.1, 0.15) is 11.1 Å². The van der Waals surface area contributed by atoms with Gasteiger partial charge in [-0.3, -0.25) is 4.21 Å². The molecule has 1 atom stereocenters. The van der Waals surface area contributed by atoms with E-state index in [-0.39, 0.29) is 0 Å². The van der Waals surface area contributed by atoms with E-state index in [0.717, 1.165) is 17.9 Å². The zero-order valence-corrected chi connectivity index (χ0v) is 8.64. The fraction of sp³-hybridized carbons (Fsp3) is 0.400.